The number of nitrogens with zero attached hydrogens (tertiary/aromatic N) is 2. The molecule has 0 saturated heterocycles. The lowest BCUT2D eigenvalue weighted by molar-refractivity contribution is 0.533. The minimum absolute atomic E-state index is 0.277. The van der Waals surface area contributed by atoms with E-state index in [2.05, 4.69) is 45.6 Å². The molecule has 4 heteroatoms. The van der Waals surface area contributed by atoms with Gasteiger partial charge in [-0.05, 0) is 55.9 Å². The number of nitrogens with one attached hydrogen (secondary N) is 1. The second-order valence-electron chi connectivity index (χ2n) is 6.72. The Hall–Kier alpha value is -2.36. The van der Waals surface area contributed by atoms with Crippen LogP contribution < -0.4 is 5.32 Å². The highest BCUT2D eigenvalue weighted by Crippen LogP contribution is 2.43. The Labute approximate surface area is 134 Å². The molecule has 116 valence electrons. The van der Waals surface area contributed by atoms with Crippen LogP contribution in [0.5, 0.6) is 0 Å². The largest absolute Gasteiger partial charge is 0.440 e. The molecule has 0 aliphatic heterocycles. The molecular weight excluding hydrogens is 286 g/mol. The maximum absolute atomic E-state index is 5.93. The summed E-state index contributed by atoms with van der Waals surface area (Å²) in [4.78, 5) is 9.13. The molecule has 1 unspecified atom stereocenters. The van der Waals surface area contributed by atoms with Crippen LogP contribution in [0.15, 0.2) is 47.0 Å². The van der Waals surface area contributed by atoms with E-state index in [-0.39, 0.29) is 6.04 Å². The van der Waals surface area contributed by atoms with E-state index >= 15 is 0 Å². The fourth-order valence-corrected chi connectivity index (χ4v) is 3.14. The smallest absolute Gasteiger partial charge is 0.198 e. The second-order valence-corrected chi connectivity index (χ2v) is 6.72. The van der Waals surface area contributed by atoms with E-state index in [4.69, 9.17) is 4.42 Å². The first-order chi connectivity index (χ1) is 11.4. The lowest BCUT2D eigenvalue weighted by Crippen LogP contribution is -2.14. The molecule has 0 bridgehead atoms. The molecule has 1 atom stereocenters. The fraction of sp³-hybridized carbons (Fsp3) is 0.368. The lowest BCUT2D eigenvalue weighted by atomic mass is 10.1. The van der Waals surface area contributed by atoms with Gasteiger partial charge in [0.2, 0.25) is 0 Å². The van der Waals surface area contributed by atoms with Gasteiger partial charge in [-0.1, -0.05) is 6.07 Å². The molecule has 0 amide bonds. The lowest BCUT2D eigenvalue weighted by Gasteiger charge is -2.19. The van der Waals surface area contributed by atoms with Gasteiger partial charge in [0.15, 0.2) is 11.5 Å². The summed E-state index contributed by atoms with van der Waals surface area (Å²) in [6.07, 6.45) is 6.83. The highest BCUT2D eigenvalue weighted by atomic mass is 16.3. The zero-order valence-electron chi connectivity index (χ0n) is 12.9. The van der Waals surface area contributed by atoms with Gasteiger partial charge in [-0.15, -0.1) is 0 Å². The average Bonchev–Trinajstić information content (AvgIpc) is 3.50. The van der Waals surface area contributed by atoms with Gasteiger partial charge in [0.1, 0.15) is 5.52 Å². The van der Waals surface area contributed by atoms with Gasteiger partial charge in [-0.3, -0.25) is 4.98 Å². The Morgan fingerprint density at radius 1 is 1.09 bits per heavy atom. The van der Waals surface area contributed by atoms with E-state index in [0.717, 1.165) is 28.4 Å². The van der Waals surface area contributed by atoms with Crippen LogP contribution in [-0.2, 0) is 0 Å². The molecule has 23 heavy (non-hydrogen) atoms. The van der Waals surface area contributed by atoms with Gasteiger partial charge in [-0.25, -0.2) is 4.98 Å². The molecule has 3 aromatic rings. The predicted molar refractivity (Wildman–Crippen MR) is 89.3 cm³/mol. The monoisotopic (exact) mass is 305 g/mol. The second kappa shape index (κ2) is 5.08. The summed E-state index contributed by atoms with van der Waals surface area (Å²) in [7, 11) is 0. The van der Waals surface area contributed by atoms with Gasteiger partial charge in [0.05, 0.1) is 11.7 Å². The Kier molecular flexibility index (Phi) is 2.90. The molecule has 5 rings (SSSR count). The summed E-state index contributed by atoms with van der Waals surface area (Å²) >= 11 is 0. The summed E-state index contributed by atoms with van der Waals surface area (Å²) in [6, 6.07) is 12.6. The number of pyridine rings is 1. The number of benzene rings is 1. The number of fused-ring (bicyclic) bond motifs is 1. The van der Waals surface area contributed by atoms with Crippen LogP contribution in [0.4, 0.5) is 5.69 Å². The van der Waals surface area contributed by atoms with Gasteiger partial charge < -0.3 is 9.73 Å². The number of oxazole rings is 1. The summed E-state index contributed by atoms with van der Waals surface area (Å²) in [6.45, 7) is 0. The topological polar surface area (TPSA) is 51.0 Å². The SMILES string of the molecule is c1ccc(C(Nc2ccc3nc(C4CC4)oc3c2)C2CC2)nc1. The molecule has 2 aliphatic carbocycles. The van der Waals surface area contributed by atoms with Crippen molar-refractivity contribution in [3.05, 3.63) is 54.2 Å². The standard InChI is InChI=1S/C19H19N3O/c1-2-10-20-16(3-1)18(12-4-5-12)21-14-8-9-15-17(11-14)23-19(22-15)13-6-7-13/h1-3,8-13,18,21H,4-7H2. The molecule has 1 N–H and O–H groups in total. The zero-order chi connectivity index (χ0) is 15.2. The van der Waals surface area contributed by atoms with Crippen molar-refractivity contribution >= 4 is 16.8 Å². The minimum atomic E-state index is 0.277. The molecule has 0 radical (unpaired) electrons. The average molecular weight is 305 g/mol. The first-order valence-electron chi connectivity index (χ1n) is 8.45. The van der Waals surface area contributed by atoms with E-state index in [1.807, 2.05) is 12.3 Å². The van der Waals surface area contributed by atoms with Crippen LogP contribution in [-0.4, -0.2) is 9.97 Å². The summed E-state index contributed by atoms with van der Waals surface area (Å²) in [5.41, 5.74) is 4.04. The van der Waals surface area contributed by atoms with Gasteiger partial charge in [0.25, 0.3) is 0 Å². The van der Waals surface area contributed by atoms with Crippen LogP contribution in [0, 0.1) is 5.92 Å². The number of hydrogen-bond donors (Lipinski definition) is 1. The molecule has 2 aromatic heterocycles. The maximum Gasteiger partial charge on any atom is 0.198 e. The molecular formula is C19H19N3O. The molecule has 2 aliphatic rings. The molecule has 2 saturated carbocycles. The van der Waals surface area contributed by atoms with E-state index in [1.165, 1.54) is 25.7 Å². The van der Waals surface area contributed by atoms with E-state index in [9.17, 15) is 0 Å². The fourth-order valence-electron chi connectivity index (χ4n) is 3.14. The van der Waals surface area contributed by atoms with Crippen LogP contribution >= 0.6 is 0 Å². The van der Waals surface area contributed by atoms with Crippen LogP contribution in [0.2, 0.25) is 0 Å². The van der Waals surface area contributed by atoms with E-state index < -0.39 is 0 Å². The van der Waals surface area contributed by atoms with Crippen LogP contribution in [0.25, 0.3) is 11.1 Å². The van der Waals surface area contributed by atoms with E-state index in [1.54, 1.807) is 0 Å². The van der Waals surface area contributed by atoms with Gasteiger partial charge >= 0.3 is 0 Å². The van der Waals surface area contributed by atoms with Crippen molar-refractivity contribution in [1.29, 1.82) is 0 Å². The zero-order valence-corrected chi connectivity index (χ0v) is 12.9. The molecule has 1 aromatic carbocycles. The minimum Gasteiger partial charge on any atom is -0.440 e. The highest BCUT2D eigenvalue weighted by molar-refractivity contribution is 5.77. The summed E-state index contributed by atoms with van der Waals surface area (Å²) < 4.78 is 5.93. The normalized spacial score (nSPS) is 19.0. The predicted octanol–water partition coefficient (Wildman–Crippen LogP) is 4.66. The van der Waals surface area contributed by atoms with Crippen molar-refractivity contribution in [2.75, 3.05) is 5.32 Å². The van der Waals surface area contributed by atoms with Crippen LogP contribution in [0.3, 0.4) is 0 Å². The quantitative estimate of drug-likeness (QED) is 0.744. The van der Waals surface area contributed by atoms with Gasteiger partial charge in [-0.2, -0.15) is 0 Å². The Morgan fingerprint density at radius 3 is 2.74 bits per heavy atom. The Balaban J connectivity index is 1.44. The molecule has 0 spiro atoms. The Bertz CT molecular complexity index is 834. The Morgan fingerprint density at radius 2 is 2.00 bits per heavy atom. The first-order valence-corrected chi connectivity index (χ1v) is 8.45. The van der Waals surface area contributed by atoms with Crippen molar-refractivity contribution in [2.45, 2.75) is 37.6 Å². The molecule has 2 heterocycles. The van der Waals surface area contributed by atoms with Crippen molar-refractivity contribution in [1.82, 2.24) is 9.97 Å². The number of hydrogen-bond acceptors (Lipinski definition) is 4. The highest BCUT2D eigenvalue weighted by Gasteiger charge is 2.33. The summed E-state index contributed by atoms with van der Waals surface area (Å²) in [5, 5.41) is 3.65. The molecule has 4 nitrogen and oxygen atoms in total. The van der Waals surface area contributed by atoms with E-state index in [0.29, 0.717) is 11.8 Å². The van der Waals surface area contributed by atoms with Crippen molar-refractivity contribution in [3.63, 3.8) is 0 Å². The summed E-state index contributed by atoms with van der Waals surface area (Å²) in [5.74, 6) is 2.13. The van der Waals surface area contributed by atoms with Crippen molar-refractivity contribution < 1.29 is 4.42 Å². The number of aromatic nitrogens is 2. The maximum atomic E-state index is 5.93. The number of anilines is 1. The van der Waals surface area contributed by atoms with Crippen LogP contribution in [0.1, 0.15) is 49.2 Å². The van der Waals surface area contributed by atoms with Crippen molar-refractivity contribution in [3.8, 4) is 0 Å². The van der Waals surface area contributed by atoms with Gasteiger partial charge in [0, 0.05) is 23.9 Å². The third kappa shape index (κ3) is 2.58. The third-order valence-electron chi connectivity index (χ3n) is 4.75. The third-order valence-corrected chi connectivity index (χ3v) is 4.75. The van der Waals surface area contributed by atoms with Crippen molar-refractivity contribution in [2.24, 2.45) is 5.92 Å². The first kappa shape index (κ1) is 13.1. The molecule has 2 fully saturated rings. The number of rotatable bonds is 5.